The van der Waals surface area contributed by atoms with E-state index in [4.69, 9.17) is 0 Å². The second-order valence-electron chi connectivity index (χ2n) is 8.73. The van der Waals surface area contributed by atoms with Gasteiger partial charge in [0.25, 0.3) is 0 Å². The van der Waals surface area contributed by atoms with Crippen LogP contribution in [0.4, 0.5) is 15.9 Å². The molecule has 1 aromatic carbocycles. The van der Waals surface area contributed by atoms with Crippen molar-refractivity contribution in [1.82, 2.24) is 15.6 Å². The van der Waals surface area contributed by atoms with Crippen LogP contribution in [0.2, 0.25) is 0 Å². The summed E-state index contributed by atoms with van der Waals surface area (Å²) in [4.78, 5) is 13.7. The summed E-state index contributed by atoms with van der Waals surface area (Å²) < 4.78 is 13.5. The predicted molar refractivity (Wildman–Crippen MR) is 130 cm³/mol. The number of halogens is 1. The van der Waals surface area contributed by atoms with Crippen molar-refractivity contribution in [2.24, 2.45) is 4.99 Å². The fourth-order valence-corrected chi connectivity index (χ4v) is 4.57. The largest absolute Gasteiger partial charge is 0.371 e. The molecule has 0 bridgehead atoms. The highest BCUT2D eigenvalue weighted by atomic mass is 19.1. The lowest BCUT2D eigenvalue weighted by Gasteiger charge is -2.34. The Morgan fingerprint density at radius 2 is 1.81 bits per heavy atom. The third kappa shape index (κ3) is 6.11. The Morgan fingerprint density at radius 3 is 2.53 bits per heavy atom. The van der Waals surface area contributed by atoms with Crippen LogP contribution in [0.15, 0.2) is 47.6 Å². The number of guanidine groups is 1. The van der Waals surface area contributed by atoms with E-state index in [0.29, 0.717) is 12.6 Å². The van der Waals surface area contributed by atoms with Crippen LogP contribution in [0.3, 0.4) is 0 Å². The van der Waals surface area contributed by atoms with Gasteiger partial charge in [0.05, 0.1) is 0 Å². The predicted octanol–water partition coefficient (Wildman–Crippen LogP) is 3.94. The molecular weight excluding hydrogens is 403 g/mol. The molecule has 2 fully saturated rings. The first-order chi connectivity index (χ1) is 15.7. The van der Waals surface area contributed by atoms with Gasteiger partial charge in [0, 0.05) is 57.7 Å². The second kappa shape index (κ2) is 11.2. The molecule has 0 radical (unpaired) electrons. The number of piperidine rings is 1. The van der Waals surface area contributed by atoms with Crippen LogP contribution < -0.4 is 20.4 Å². The Hall–Kier alpha value is -2.83. The summed E-state index contributed by atoms with van der Waals surface area (Å²) in [5, 5.41) is 7.01. The minimum Gasteiger partial charge on any atom is -0.371 e. The molecule has 0 aliphatic carbocycles. The van der Waals surface area contributed by atoms with Gasteiger partial charge in [-0.15, -0.1) is 0 Å². The number of anilines is 2. The Balaban J connectivity index is 1.26. The molecule has 2 aliphatic heterocycles. The molecule has 0 atom stereocenters. The van der Waals surface area contributed by atoms with E-state index in [1.54, 1.807) is 12.1 Å². The summed E-state index contributed by atoms with van der Waals surface area (Å²) in [5.41, 5.74) is 2.17. The lowest BCUT2D eigenvalue weighted by Crippen LogP contribution is -2.48. The summed E-state index contributed by atoms with van der Waals surface area (Å²) in [7, 11) is 1.81. The third-order valence-electron chi connectivity index (χ3n) is 6.43. The van der Waals surface area contributed by atoms with Gasteiger partial charge < -0.3 is 20.4 Å². The molecular formula is C25H35FN6. The van der Waals surface area contributed by atoms with Crippen molar-refractivity contribution in [1.29, 1.82) is 0 Å². The Morgan fingerprint density at radius 1 is 1.03 bits per heavy atom. The van der Waals surface area contributed by atoms with Crippen molar-refractivity contribution in [3.05, 3.63) is 54.0 Å². The molecule has 0 amide bonds. The molecule has 4 rings (SSSR count). The van der Waals surface area contributed by atoms with Gasteiger partial charge in [0.1, 0.15) is 11.6 Å². The molecule has 32 heavy (non-hydrogen) atoms. The fraction of sp³-hybridized carbons (Fsp3) is 0.520. The van der Waals surface area contributed by atoms with Crippen molar-refractivity contribution in [3.8, 4) is 0 Å². The lowest BCUT2D eigenvalue weighted by molar-refractivity contribution is 0.461. The van der Waals surface area contributed by atoms with E-state index in [1.165, 1.54) is 37.3 Å². The zero-order chi connectivity index (χ0) is 22.2. The molecule has 1 aromatic heterocycles. The van der Waals surface area contributed by atoms with E-state index in [9.17, 15) is 4.39 Å². The van der Waals surface area contributed by atoms with Crippen molar-refractivity contribution < 1.29 is 4.39 Å². The monoisotopic (exact) mass is 438 g/mol. The van der Waals surface area contributed by atoms with Gasteiger partial charge in [-0.2, -0.15) is 0 Å². The minimum absolute atomic E-state index is 0.178. The van der Waals surface area contributed by atoms with Gasteiger partial charge >= 0.3 is 0 Å². The molecule has 2 saturated heterocycles. The van der Waals surface area contributed by atoms with E-state index in [2.05, 4.69) is 42.5 Å². The molecule has 6 nitrogen and oxygen atoms in total. The first-order valence-electron chi connectivity index (χ1n) is 11.9. The van der Waals surface area contributed by atoms with E-state index < -0.39 is 0 Å². The number of aromatic nitrogens is 1. The summed E-state index contributed by atoms with van der Waals surface area (Å²) in [6.45, 7) is 4.72. The van der Waals surface area contributed by atoms with E-state index in [1.807, 2.05) is 19.3 Å². The summed E-state index contributed by atoms with van der Waals surface area (Å²) >= 11 is 0. The maximum absolute atomic E-state index is 13.5. The number of benzene rings is 1. The normalized spacial score (nSPS) is 18.4. The quantitative estimate of drug-likeness (QED) is 0.547. The van der Waals surface area contributed by atoms with E-state index >= 15 is 0 Å². The number of rotatable bonds is 5. The minimum atomic E-state index is -0.178. The molecule has 0 saturated carbocycles. The first-order valence-corrected chi connectivity index (χ1v) is 11.9. The maximum atomic E-state index is 13.5. The molecule has 2 N–H and O–H groups in total. The number of hydrogen-bond acceptors (Lipinski definition) is 4. The van der Waals surface area contributed by atoms with Gasteiger partial charge in [-0.25, -0.2) is 9.37 Å². The summed E-state index contributed by atoms with van der Waals surface area (Å²) in [5.74, 6) is 1.73. The van der Waals surface area contributed by atoms with Crippen LogP contribution in [0, 0.1) is 5.82 Å². The molecule has 3 heterocycles. The average molecular weight is 439 g/mol. The smallest absolute Gasteiger partial charge is 0.191 e. The zero-order valence-corrected chi connectivity index (χ0v) is 19.1. The molecule has 0 spiro atoms. The number of aliphatic imine (C=N–C) groups is 1. The third-order valence-corrected chi connectivity index (χ3v) is 6.43. The number of pyridine rings is 1. The van der Waals surface area contributed by atoms with Gasteiger partial charge in [0.15, 0.2) is 5.96 Å². The van der Waals surface area contributed by atoms with Crippen molar-refractivity contribution >= 4 is 17.5 Å². The van der Waals surface area contributed by atoms with Gasteiger partial charge in [0.2, 0.25) is 0 Å². The molecule has 2 aromatic rings. The molecule has 2 aliphatic rings. The molecule has 0 unspecified atom stereocenters. The van der Waals surface area contributed by atoms with Crippen molar-refractivity contribution in [2.45, 2.75) is 51.1 Å². The van der Waals surface area contributed by atoms with Crippen molar-refractivity contribution in [2.75, 3.05) is 43.0 Å². The van der Waals surface area contributed by atoms with Crippen LogP contribution in [0.1, 0.15) is 44.1 Å². The van der Waals surface area contributed by atoms with Gasteiger partial charge in [-0.05, 0) is 61.6 Å². The lowest BCUT2D eigenvalue weighted by atomic mass is 10.0. The van der Waals surface area contributed by atoms with Crippen LogP contribution >= 0.6 is 0 Å². The standard InChI is InChI=1S/C25H35FN6/c1-27-25(30-22-10-15-31(16-11-22)23-8-6-7-21(26)18-23)29-19-20-9-12-28-24(17-20)32-13-4-2-3-5-14-32/h6-9,12,17-18,22H,2-5,10-11,13-16,19H2,1H3,(H2,27,29,30). The van der Waals surface area contributed by atoms with Gasteiger partial charge in [-0.3, -0.25) is 4.99 Å². The Bertz CT molecular complexity index is 886. The van der Waals surface area contributed by atoms with Crippen LogP contribution in [0.25, 0.3) is 0 Å². The molecule has 172 valence electrons. The Kier molecular flexibility index (Phi) is 7.80. The fourth-order valence-electron chi connectivity index (χ4n) is 4.57. The van der Waals surface area contributed by atoms with Crippen LogP contribution in [0.5, 0.6) is 0 Å². The summed E-state index contributed by atoms with van der Waals surface area (Å²) in [6, 6.07) is 11.5. The zero-order valence-electron chi connectivity index (χ0n) is 19.1. The average Bonchev–Trinajstić information content (AvgIpc) is 3.12. The molecule has 7 heteroatoms. The van der Waals surface area contributed by atoms with Crippen LogP contribution in [-0.2, 0) is 6.54 Å². The second-order valence-corrected chi connectivity index (χ2v) is 8.73. The van der Waals surface area contributed by atoms with Crippen LogP contribution in [-0.4, -0.2) is 50.2 Å². The highest BCUT2D eigenvalue weighted by molar-refractivity contribution is 5.80. The Labute approximate surface area is 190 Å². The summed E-state index contributed by atoms with van der Waals surface area (Å²) in [6.07, 6.45) is 9.03. The van der Waals surface area contributed by atoms with Crippen molar-refractivity contribution in [3.63, 3.8) is 0 Å². The maximum Gasteiger partial charge on any atom is 0.191 e. The first kappa shape index (κ1) is 22.4. The number of nitrogens with zero attached hydrogens (tertiary/aromatic N) is 4. The van der Waals surface area contributed by atoms with Gasteiger partial charge in [-0.1, -0.05) is 18.9 Å². The van der Waals surface area contributed by atoms with E-state index in [0.717, 1.165) is 56.5 Å². The highest BCUT2D eigenvalue weighted by Crippen LogP contribution is 2.21. The topological polar surface area (TPSA) is 55.8 Å². The number of hydrogen-bond donors (Lipinski definition) is 2. The number of nitrogens with one attached hydrogen (secondary N) is 2. The van der Waals surface area contributed by atoms with E-state index in [-0.39, 0.29) is 5.82 Å². The SMILES string of the molecule is CN=C(NCc1ccnc(N2CCCCCC2)c1)NC1CCN(c2cccc(F)c2)CC1. The highest BCUT2D eigenvalue weighted by Gasteiger charge is 2.20.